The molecule has 4 heterocycles. The molecule has 0 bridgehead atoms. The van der Waals surface area contributed by atoms with Gasteiger partial charge in [-0.3, -0.25) is 9.59 Å². The number of halogens is 12. The molecule has 0 radical (unpaired) electrons. The second-order valence-electron chi connectivity index (χ2n) is 18.5. The summed E-state index contributed by atoms with van der Waals surface area (Å²) in [4.78, 5) is 39.8. The van der Waals surface area contributed by atoms with E-state index in [4.69, 9.17) is 15.2 Å². The number of carbonyl (C=O) groups is 3. The van der Waals surface area contributed by atoms with E-state index >= 15 is 0 Å². The topological polar surface area (TPSA) is 142 Å². The fraction of sp³-hybridized carbons (Fsp3) is 0.415. The molecule has 0 aromatic heterocycles. The average Bonchev–Trinajstić information content (AvgIpc) is 3.58. The third-order valence-electron chi connectivity index (χ3n) is 13.0. The Kier molecular flexibility index (Phi) is 20.3. The number of morpholine rings is 2. The Hall–Kier alpha value is -6.09. The maximum absolute atomic E-state index is 14.2. The molecule has 4 aromatic carbocycles. The first-order valence-corrected chi connectivity index (χ1v) is 26.5. The normalized spacial score (nSPS) is 18.1. The molecular formula is C53H55F12N7O5S2. The highest BCUT2D eigenvalue weighted by Gasteiger charge is 2.48. The van der Waals surface area contributed by atoms with Crippen molar-refractivity contribution in [3.05, 3.63) is 118 Å². The highest BCUT2D eigenvalue weighted by atomic mass is 32.2. The van der Waals surface area contributed by atoms with Gasteiger partial charge in [0.05, 0.1) is 48.7 Å². The van der Waals surface area contributed by atoms with Gasteiger partial charge in [-0.1, -0.05) is 47.8 Å². The van der Waals surface area contributed by atoms with Gasteiger partial charge in [0.1, 0.15) is 0 Å². The molecule has 1 unspecified atom stereocenters. The van der Waals surface area contributed by atoms with Crippen molar-refractivity contribution < 1.29 is 76.5 Å². The summed E-state index contributed by atoms with van der Waals surface area (Å²) in [7, 11) is 0. The van der Waals surface area contributed by atoms with E-state index in [1.807, 2.05) is 0 Å². The second kappa shape index (κ2) is 26.5. The molecule has 0 aliphatic carbocycles. The predicted molar refractivity (Wildman–Crippen MR) is 274 cm³/mol. The van der Waals surface area contributed by atoms with E-state index < -0.39 is 85.7 Å². The van der Waals surface area contributed by atoms with Crippen LogP contribution in [0.5, 0.6) is 0 Å². The van der Waals surface area contributed by atoms with E-state index in [2.05, 4.69) is 16.0 Å². The van der Waals surface area contributed by atoms with Gasteiger partial charge in [0, 0.05) is 101 Å². The number of nitrogens with zero attached hydrogens (tertiary/aromatic N) is 3. The lowest BCUT2D eigenvalue weighted by Crippen LogP contribution is -2.44. The van der Waals surface area contributed by atoms with Gasteiger partial charge in [-0.25, -0.2) is 4.79 Å². The molecule has 1 atom stereocenters. The number of hydrogen-bond donors (Lipinski definition) is 4. The van der Waals surface area contributed by atoms with Gasteiger partial charge in [-0.2, -0.15) is 52.7 Å². The molecule has 4 fully saturated rings. The van der Waals surface area contributed by atoms with Crippen LogP contribution in [0.15, 0.2) is 105 Å². The van der Waals surface area contributed by atoms with Crippen molar-refractivity contribution in [2.45, 2.75) is 82.1 Å². The lowest BCUT2D eigenvalue weighted by molar-refractivity contribution is -0.163. The van der Waals surface area contributed by atoms with Gasteiger partial charge >= 0.3 is 30.7 Å². The van der Waals surface area contributed by atoms with Crippen molar-refractivity contribution in [3.63, 3.8) is 0 Å². The van der Waals surface area contributed by atoms with Crippen LogP contribution in [0.25, 0.3) is 12.2 Å². The third-order valence-corrected chi connectivity index (χ3v) is 15.1. The first-order chi connectivity index (χ1) is 37.3. The molecule has 4 aliphatic heterocycles. The van der Waals surface area contributed by atoms with E-state index in [9.17, 15) is 67.1 Å². The van der Waals surface area contributed by atoms with Gasteiger partial charge < -0.3 is 45.9 Å². The Morgan fingerprint density at radius 1 is 0.544 bits per heavy atom. The number of hydrogen-bond acceptors (Lipinski definition) is 10. The number of likely N-dealkylation sites (tertiary alicyclic amines) is 1. The van der Waals surface area contributed by atoms with Crippen LogP contribution < -0.4 is 21.7 Å². The molecule has 5 N–H and O–H groups in total. The highest BCUT2D eigenvalue weighted by Crippen LogP contribution is 2.50. The number of nitrogens with two attached hydrogens (primary N) is 1. The van der Waals surface area contributed by atoms with Crippen LogP contribution in [0.3, 0.4) is 0 Å². The first-order valence-electron chi connectivity index (χ1n) is 24.9. The number of alkyl halides is 12. The maximum Gasteiger partial charge on any atom is 0.418 e. The minimum absolute atomic E-state index is 0.0142. The van der Waals surface area contributed by atoms with Crippen molar-refractivity contribution >= 4 is 64.9 Å². The van der Waals surface area contributed by atoms with Crippen molar-refractivity contribution in [3.8, 4) is 0 Å². The van der Waals surface area contributed by atoms with Crippen LogP contribution in [0.1, 0.15) is 59.1 Å². The highest BCUT2D eigenvalue weighted by molar-refractivity contribution is 7.99. The number of nitrogens with one attached hydrogen (secondary N) is 3. The Morgan fingerprint density at radius 3 is 1.34 bits per heavy atom. The fourth-order valence-electron chi connectivity index (χ4n) is 9.16. The number of urea groups is 1. The van der Waals surface area contributed by atoms with E-state index in [0.29, 0.717) is 70.6 Å². The number of primary amides is 1. The number of anilines is 2. The second-order valence-corrected chi connectivity index (χ2v) is 20.8. The average molecular weight is 1160 g/mol. The monoisotopic (exact) mass is 1160 g/mol. The first kappa shape index (κ1) is 60.5. The summed E-state index contributed by atoms with van der Waals surface area (Å²) >= 11 is 1.18. The molecule has 26 heteroatoms. The molecule has 0 spiro atoms. The number of rotatable bonds is 12. The molecule has 428 valence electrons. The van der Waals surface area contributed by atoms with E-state index in [-0.39, 0.29) is 64.7 Å². The number of amides is 4. The Labute approximate surface area is 455 Å². The summed E-state index contributed by atoms with van der Waals surface area (Å²) in [5.74, 6) is -1.20. The van der Waals surface area contributed by atoms with Crippen LogP contribution in [-0.4, -0.2) is 123 Å². The number of carbonyl (C=O) groups excluding carboxylic acids is 3. The molecular weight excluding hydrogens is 1110 g/mol. The smallest absolute Gasteiger partial charge is 0.382 e. The molecule has 4 aliphatic rings. The molecule has 12 nitrogen and oxygen atoms in total. The number of benzene rings is 4. The SMILES string of the molecule is NC(=O)N1CCC(Nc2cccc(Sc3ccc(/C=C/C(=O)N4CCOCC4)c(C(F)(F)F)c3C(F)(F)F)c2)CC1.O=C(/C=C/c1ccc(Sc2cccc(NC3CCCNC3)c2)c(C(F)(F)F)c1C(F)(F)F)N1CCOCC1. The Balaban J connectivity index is 0.000000229. The van der Waals surface area contributed by atoms with Gasteiger partial charge in [-0.05, 0) is 104 Å². The van der Waals surface area contributed by atoms with Crippen molar-refractivity contribution in [2.24, 2.45) is 5.73 Å². The fourth-order valence-corrected chi connectivity index (χ4v) is 11.2. The zero-order valence-electron chi connectivity index (χ0n) is 42.0. The minimum atomic E-state index is -5.34. The third kappa shape index (κ3) is 17.0. The van der Waals surface area contributed by atoms with Crippen LogP contribution in [0.2, 0.25) is 0 Å². The molecule has 79 heavy (non-hydrogen) atoms. The van der Waals surface area contributed by atoms with Crippen molar-refractivity contribution in [1.82, 2.24) is 20.0 Å². The maximum atomic E-state index is 14.2. The summed E-state index contributed by atoms with van der Waals surface area (Å²) < 4.78 is 180. The van der Waals surface area contributed by atoms with Crippen LogP contribution in [-0.2, 0) is 43.8 Å². The molecule has 0 saturated carbocycles. The Bertz CT molecular complexity index is 2820. The largest absolute Gasteiger partial charge is 0.418 e. The quantitative estimate of drug-likeness (QED) is 0.0800. The van der Waals surface area contributed by atoms with Gasteiger partial charge in [0.25, 0.3) is 0 Å². The van der Waals surface area contributed by atoms with Crippen LogP contribution in [0.4, 0.5) is 68.9 Å². The number of piperidine rings is 2. The lowest BCUT2D eigenvalue weighted by atomic mass is 9.99. The van der Waals surface area contributed by atoms with Gasteiger partial charge in [0.2, 0.25) is 11.8 Å². The lowest BCUT2D eigenvalue weighted by Gasteiger charge is -2.31. The van der Waals surface area contributed by atoms with Gasteiger partial charge in [0.15, 0.2) is 0 Å². The Morgan fingerprint density at radius 2 is 0.962 bits per heavy atom. The summed E-state index contributed by atoms with van der Waals surface area (Å²) in [5.41, 5.74) is -2.18. The molecule has 4 amide bonds. The van der Waals surface area contributed by atoms with Gasteiger partial charge in [-0.15, -0.1) is 0 Å². The standard InChI is InChI=1S/C27H28F6N4O3S.C26H27F6N3O2S/c28-26(29,30)23-17(5-7-22(38)36-12-14-40-15-13-36)4-6-21(24(23)27(31,32)33)41-20-3-1-2-19(16-20)35-18-8-10-37(11-9-18)25(34)39;27-25(28,29)23-17(7-9-22(36)35-11-13-37-14-12-35)6-8-21(24(23)26(30,31)32)38-20-5-1-3-18(15-20)34-19-4-2-10-33-16-19/h1-7,16,18,35H,8-15H2,(H2,34,39);1,3,5-9,15,19,33-34H,2,4,10-14,16H2/b7-5+;9-7+. The minimum Gasteiger partial charge on any atom is -0.382 e. The summed E-state index contributed by atoms with van der Waals surface area (Å²) in [6, 6.07) is 16.5. The number of ether oxygens (including phenoxy) is 2. The zero-order valence-corrected chi connectivity index (χ0v) is 43.7. The zero-order chi connectivity index (χ0) is 57.1. The summed E-state index contributed by atoms with van der Waals surface area (Å²) in [6.07, 6.45) is -14.8. The van der Waals surface area contributed by atoms with Crippen LogP contribution >= 0.6 is 23.5 Å². The van der Waals surface area contributed by atoms with Crippen molar-refractivity contribution in [2.75, 3.05) is 89.4 Å². The van der Waals surface area contributed by atoms with Crippen molar-refractivity contribution in [1.29, 1.82) is 0 Å². The molecule has 4 aromatic rings. The van der Waals surface area contributed by atoms with E-state index in [1.165, 1.54) is 20.8 Å². The molecule has 4 saturated heterocycles. The molecule has 8 rings (SSSR count). The van der Waals surface area contributed by atoms with Crippen LogP contribution in [0, 0.1) is 0 Å². The van der Waals surface area contributed by atoms with E-state index in [0.717, 1.165) is 74.5 Å². The van der Waals surface area contributed by atoms with E-state index in [1.54, 1.807) is 42.5 Å². The summed E-state index contributed by atoms with van der Waals surface area (Å²) in [6.45, 7) is 4.65. The summed E-state index contributed by atoms with van der Waals surface area (Å²) in [5, 5.41) is 9.84. The predicted octanol–water partition coefficient (Wildman–Crippen LogP) is 11.6.